The van der Waals surface area contributed by atoms with Gasteiger partial charge in [-0.1, -0.05) is 37.3 Å². The topological polar surface area (TPSA) is 54.9 Å². The first-order chi connectivity index (χ1) is 11.1. The monoisotopic (exact) mass is 309 g/mol. The SMILES string of the molecule is CC1CCC(C)(NC(=O)c2cnc(-c3ccccc3)nc2)CC1. The number of rotatable bonds is 3. The lowest BCUT2D eigenvalue weighted by atomic mass is 9.78. The van der Waals surface area contributed by atoms with Gasteiger partial charge in [-0.05, 0) is 38.5 Å². The zero-order valence-electron chi connectivity index (χ0n) is 13.7. The van der Waals surface area contributed by atoms with Crippen LogP contribution in [0.1, 0.15) is 49.9 Å². The van der Waals surface area contributed by atoms with Crippen molar-refractivity contribution in [3.63, 3.8) is 0 Å². The molecule has 1 amide bonds. The van der Waals surface area contributed by atoms with E-state index in [2.05, 4.69) is 29.1 Å². The highest BCUT2D eigenvalue weighted by Gasteiger charge is 2.31. The maximum Gasteiger partial charge on any atom is 0.254 e. The second-order valence-corrected chi connectivity index (χ2v) is 6.86. The second-order valence-electron chi connectivity index (χ2n) is 6.86. The van der Waals surface area contributed by atoms with Gasteiger partial charge in [-0.2, -0.15) is 0 Å². The second kappa shape index (κ2) is 6.49. The molecule has 0 spiro atoms. The quantitative estimate of drug-likeness (QED) is 0.937. The molecule has 1 aromatic carbocycles. The Morgan fingerprint density at radius 1 is 1.13 bits per heavy atom. The van der Waals surface area contributed by atoms with Crippen LogP contribution in [0, 0.1) is 5.92 Å². The summed E-state index contributed by atoms with van der Waals surface area (Å²) in [7, 11) is 0. The summed E-state index contributed by atoms with van der Waals surface area (Å²) >= 11 is 0. The Bertz CT molecular complexity index is 659. The summed E-state index contributed by atoms with van der Waals surface area (Å²) in [5.41, 5.74) is 1.36. The van der Waals surface area contributed by atoms with Gasteiger partial charge in [0.05, 0.1) is 5.56 Å². The van der Waals surface area contributed by atoms with Crippen LogP contribution in [0.25, 0.3) is 11.4 Å². The normalized spacial score (nSPS) is 24.2. The molecule has 1 aliphatic carbocycles. The number of amides is 1. The van der Waals surface area contributed by atoms with Crippen LogP contribution < -0.4 is 5.32 Å². The van der Waals surface area contributed by atoms with Gasteiger partial charge in [0.25, 0.3) is 5.91 Å². The van der Waals surface area contributed by atoms with Crippen LogP contribution >= 0.6 is 0 Å². The van der Waals surface area contributed by atoms with E-state index in [1.165, 1.54) is 12.8 Å². The van der Waals surface area contributed by atoms with Gasteiger partial charge < -0.3 is 5.32 Å². The van der Waals surface area contributed by atoms with Crippen molar-refractivity contribution in [2.75, 3.05) is 0 Å². The van der Waals surface area contributed by atoms with Crippen molar-refractivity contribution in [2.24, 2.45) is 5.92 Å². The summed E-state index contributed by atoms with van der Waals surface area (Å²) < 4.78 is 0. The van der Waals surface area contributed by atoms with E-state index >= 15 is 0 Å². The smallest absolute Gasteiger partial charge is 0.254 e. The third kappa shape index (κ3) is 3.76. The molecule has 0 radical (unpaired) electrons. The van der Waals surface area contributed by atoms with Crippen LogP contribution in [0.15, 0.2) is 42.7 Å². The van der Waals surface area contributed by atoms with Crippen molar-refractivity contribution in [3.05, 3.63) is 48.3 Å². The molecule has 1 aliphatic rings. The Kier molecular flexibility index (Phi) is 4.42. The van der Waals surface area contributed by atoms with E-state index in [0.29, 0.717) is 11.4 Å². The number of carbonyl (C=O) groups excluding carboxylic acids is 1. The molecule has 23 heavy (non-hydrogen) atoms. The van der Waals surface area contributed by atoms with E-state index in [1.54, 1.807) is 12.4 Å². The lowest BCUT2D eigenvalue weighted by Gasteiger charge is -2.37. The van der Waals surface area contributed by atoms with Gasteiger partial charge >= 0.3 is 0 Å². The van der Waals surface area contributed by atoms with Crippen LogP contribution in [0.5, 0.6) is 0 Å². The number of hydrogen-bond acceptors (Lipinski definition) is 3. The Morgan fingerprint density at radius 3 is 2.35 bits per heavy atom. The molecular weight excluding hydrogens is 286 g/mol. The summed E-state index contributed by atoms with van der Waals surface area (Å²) in [6, 6.07) is 9.77. The number of nitrogens with zero attached hydrogens (tertiary/aromatic N) is 2. The highest BCUT2D eigenvalue weighted by Crippen LogP contribution is 2.31. The Balaban J connectivity index is 1.68. The number of carbonyl (C=O) groups is 1. The molecule has 0 aliphatic heterocycles. The van der Waals surface area contributed by atoms with E-state index in [-0.39, 0.29) is 11.4 Å². The molecule has 1 heterocycles. The lowest BCUT2D eigenvalue weighted by Crippen LogP contribution is -2.48. The van der Waals surface area contributed by atoms with Crippen molar-refractivity contribution in [2.45, 2.75) is 45.1 Å². The molecule has 1 N–H and O–H groups in total. The fraction of sp³-hybridized carbons (Fsp3) is 0.421. The molecule has 1 saturated carbocycles. The van der Waals surface area contributed by atoms with Crippen molar-refractivity contribution in [1.29, 1.82) is 0 Å². The highest BCUT2D eigenvalue weighted by atomic mass is 16.1. The highest BCUT2D eigenvalue weighted by molar-refractivity contribution is 5.94. The average molecular weight is 309 g/mol. The van der Waals surface area contributed by atoms with Crippen molar-refractivity contribution < 1.29 is 4.79 Å². The predicted molar refractivity (Wildman–Crippen MR) is 91.0 cm³/mol. The number of aromatic nitrogens is 2. The van der Waals surface area contributed by atoms with Crippen LogP contribution in [-0.2, 0) is 0 Å². The molecule has 0 atom stereocenters. The van der Waals surface area contributed by atoms with Crippen LogP contribution in [-0.4, -0.2) is 21.4 Å². The molecule has 4 nitrogen and oxygen atoms in total. The summed E-state index contributed by atoms with van der Waals surface area (Å²) in [6.07, 6.45) is 7.62. The minimum atomic E-state index is -0.109. The van der Waals surface area contributed by atoms with E-state index in [4.69, 9.17) is 0 Å². The van der Waals surface area contributed by atoms with E-state index in [1.807, 2.05) is 30.3 Å². The summed E-state index contributed by atoms with van der Waals surface area (Å²) in [5, 5.41) is 3.17. The molecule has 1 fully saturated rings. The first kappa shape index (κ1) is 15.7. The maximum absolute atomic E-state index is 12.5. The molecule has 120 valence electrons. The number of benzene rings is 1. The van der Waals surface area contributed by atoms with Gasteiger partial charge in [0, 0.05) is 23.5 Å². The molecule has 0 bridgehead atoms. The van der Waals surface area contributed by atoms with E-state index in [9.17, 15) is 4.79 Å². The summed E-state index contributed by atoms with van der Waals surface area (Å²) in [6.45, 7) is 4.41. The Morgan fingerprint density at radius 2 is 1.74 bits per heavy atom. The van der Waals surface area contributed by atoms with Crippen molar-refractivity contribution in [1.82, 2.24) is 15.3 Å². The van der Waals surface area contributed by atoms with Gasteiger partial charge in [0.1, 0.15) is 0 Å². The molecule has 2 aromatic rings. The van der Waals surface area contributed by atoms with Gasteiger partial charge in [-0.15, -0.1) is 0 Å². The fourth-order valence-electron chi connectivity index (χ4n) is 3.05. The van der Waals surface area contributed by atoms with E-state index < -0.39 is 0 Å². The number of hydrogen-bond donors (Lipinski definition) is 1. The van der Waals surface area contributed by atoms with Crippen molar-refractivity contribution >= 4 is 5.91 Å². The Hall–Kier alpha value is -2.23. The zero-order valence-corrected chi connectivity index (χ0v) is 13.7. The molecular formula is C19H23N3O. The molecule has 0 unspecified atom stereocenters. The minimum absolute atomic E-state index is 0.0818. The minimum Gasteiger partial charge on any atom is -0.347 e. The summed E-state index contributed by atoms with van der Waals surface area (Å²) in [4.78, 5) is 21.1. The standard InChI is InChI=1S/C19H23N3O/c1-14-8-10-19(2,11-9-14)22-18(23)16-12-20-17(21-13-16)15-6-4-3-5-7-15/h3-7,12-14H,8-11H2,1-2H3,(H,22,23). The molecule has 1 aromatic heterocycles. The predicted octanol–water partition coefficient (Wildman–Crippen LogP) is 3.84. The van der Waals surface area contributed by atoms with Gasteiger partial charge in [0.15, 0.2) is 5.82 Å². The third-order valence-electron chi connectivity index (χ3n) is 4.74. The number of nitrogens with one attached hydrogen (secondary N) is 1. The summed E-state index contributed by atoms with van der Waals surface area (Å²) in [5.74, 6) is 1.31. The van der Waals surface area contributed by atoms with Gasteiger partial charge in [-0.25, -0.2) is 9.97 Å². The largest absolute Gasteiger partial charge is 0.347 e. The van der Waals surface area contributed by atoms with Crippen LogP contribution in [0.4, 0.5) is 0 Å². The van der Waals surface area contributed by atoms with Gasteiger partial charge in [-0.3, -0.25) is 4.79 Å². The Labute approximate surface area is 137 Å². The average Bonchev–Trinajstić information content (AvgIpc) is 2.59. The first-order valence-electron chi connectivity index (χ1n) is 8.26. The molecule has 4 heteroatoms. The van der Waals surface area contributed by atoms with E-state index in [0.717, 1.165) is 24.3 Å². The molecule has 3 rings (SSSR count). The van der Waals surface area contributed by atoms with Crippen LogP contribution in [0.3, 0.4) is 0 Å². The first-order valence-corrected chi connectivity index (χ1v) is 8.26. The third-order valence-corrected chi connectivity index (χ3v) is 4.74. The van der Waals surface area contributed by atoms with Gasteiger partial charge in [0.2, 0.25) is 0 Å². The fourth-order valence-corrected chi connectivity index (χ4v) is 3.05. The molecule has 0 saturated heterocycles. The maximum atomic E-state index is 12.5. The van der Waals surface area contributed by atoms with Crippen molar-refractivity contribution in [3.8, 4) is 11.4 Å². The zero-order chi connectivity index (χ0) is 16.3. The lowest BCUT2D eigenvalue weighted by molar-refractivity contribution is 0.0869. The van der Waals surface area contributed by atoms with Crippen LogP contribution in [0.2, 0.25) is 0 Å².